The SMILES string of the molecule is O=C(CCCNC(=O)c1ccc(Cl)cc1)Nc1cccc(-c2noc(=O)[nH]2)c1. The van der Waals surface area contributed by atoms with Gasteiger partial charge in [-0.15, -0.1) is 0 Å². The van der Waals surface area contributed by atoms with E-state index in [0.29, 0.717) is 34.8 Å². The second-order valence-corrected chi connectivity index (χ2v) is 6.38. The van der Waals surface area contributed by atoms with Crippen molar-refractivity contribution in [3.05, 3.63) is 69.7 Å². The third-order valence-electron chi connectivity index (χ3n) is 3.83. The molecule has 28 heavy (non-hydrogen) atoms. The molecule has 3 aromatic rings. The highest BCUT2D eigenvalue weighted by Gasteiger charge is 2.08. The summed E-state index contributed by atoms with van der Waals surface area (Å²) in [5.41, 5.74) is 1.69. The standard InChI is InChI=1S/C19H17ClN4O4/c20-14-8-6-12(7-9-14)18(26)21-10-2-5-16(25)22-15-4-1-3-13(11-15)17-23-19(27)28-24-17/h1,3-4,6-9,11H,2,5,10H2,(H,21,26)(H,22,25)(H,23,24,27). The second kappa shape index (κ2) is 9.01. The highest BCUT2D eigenvalue weighted by molar-refractivity contribution is 6.30. The summed E-state index contributed by atoms with van der Waals surface area (Å²) in [5, 5.41) is 9.70. The molecule has 0 spiro atoms. The largest absolute Gasteiger partial charge is 0.439 e. The van der Waals surface area contributed by atoms with Crippen molar-refractivity contribution in [1.29, 1.82) is 0 Å². The molecule has 0 saturated carbocycles. The molecule has 1 heterocycles. The van der Waals surface area contributed by atoms with E-state index in [0.717, 1.165) is 0 Å². The Kier molecular flexibility index (Phi) is 6.23. The third-order valence-corrected chi connectivity index (χ3v) is 4.08. The Labute approximate surface area is 164 Å². The molecule has 0 bridgehead atoms. The maximum atomic E-state index is 12.1. The molecule has 0 aliphatic rings. The van der Waals surface area contributed by atoms with E-state index >= 15 is 0 Å². The average molecular weight is 401 g/mol. The van der Waals surface area contributed by atoms with Gasteiger partial charge >= 0.3 is 5.76 Å². The van der Waals surface area contributed by atoms with Crippen LogP contribution < -0.4 is 16.4 Å². The summed E-state index contributed by atoms with van der Waals surface area (Å²) < 4.78 is 4.47. The van der Waals surface area contributed by atoms with Gasteiger partial charge in [0.2, 0.25) is 5.91 Å². The van der Waals surface area contributed by atoms with Crippen LogP contribution in [0, 0.1) is 0 Å². The third kappa shape index (κ3) is 5.31. The van der Waals surface area contributed by atoms with Crippen LogP contribution in [-0.2, 0) is 4.79 Å². The summed E-state index contributed by atoms with van der Waals surface area (Å²) in [6.07, 6.45) is 0.730. The number of halogens is 1. The van der Waals surface area contributed by atoms with Crippen molar-refractivity contribution in [3.8, 4) is 11.4 Å². The van der Waals surface area contributed by atoms with E-state index in [4.69, 9.17) is 11.6 Å². The molecule has 0 fully saturated rings. The van der Waals surface area contributed by atoms with Gasteiger partial charge in [0.25, 0.3) is 5.91 Å². The van der Waals surface area contributed by atoms with Crippen LogP contribution in [0.25, 0.3) is 11.4 Å². The number of carbonyl (C=O) groups is 2. The minimum absolute atomic E-state index is 0.188. The lowest BCUT2D eigenvalue weighted by Gasteiger charge is -2.07. The first kappa shape index (κ1) is 19.4. The number of aromatic nitrogens is 2. The average Bonchev–Trinajstić information content (AvgIpc) is 3.12. The molecule has 8 nitrogen and oxygen atoms in total. The van der Waals surface area contributed by atoms with Gasteiger partial charge in [0.15, 0.2) is 5.82 Å². The first-order chi connectivity index (χ1) is 13.5. The van der Waals surface area contributed by atoms with Crippen LogP contribution >= 0.6 is 11.6 Å². The van der Waals surface area contributed by atoms with Crippen molar-refractivity contribution < 1.29 is 14.1 Å². The van der Waals surface area contributed by atoms with Gasteiger partial charge < -0.3 is 10.6 Å². The number of rotatable bonds is 7. The summed E-state index contributed by atoms with van der Waals surface area (Å²) in [6.45, 7) is 0.370. The monoisotopic (exact) mass is 400 g/mol. The van der Waals surface area contributed by atoms with Crippen molar-refractivity contribution in [1.82, 2.24) is 15.5 Å². The van der Waals surface area contributed by atoms with Crippen LogP contribution in [0.5, 0.6) is 0 Å². The van der Waals surface area contributed by atoms with Gasteiger partial charge in [-0.05, 0) is 42.8 Å². The molecule has 3 rings (SSSR count). The van der Waals surface area contributed by atoms with E-state index < -0.39 is 5.76 Å². The van der Waals surface area contributed by atoms with Gasteiger partial charge in [0.1, 0.15) is 0 Å². The highest BCUT2D eigenvalue weighted by Crippen LogP contribution is 2.18. The van der Waals surface area contributed by atoms with Gasteiger partial charge in [0.05, 0.1) is 0 Å². The predicted octanol–water partition coefficient (Wildman–Crippen LogP) is 2.83. The maximum absolute atomic E-state index is 12.1. The Bertz CT molecular complexity index is 1030. The van der Waals surface area contributed by atoms with Crippen LogP contribution in [0.3, 0.4) is 0 Å². The Morgan fingerprint density at radius 1 is 1.14 bits per heavy atom. The fraction of sp³-hybridized carbons (Fsp3) is 0.158. The zero-order valence-electron chi connectivity index (χ0n) is 14.7. The van der Waals surface area contributed by atoms with Gasteiger partial charge in [-0.3, -0.25) is 19.1 Å². The highest BCUT2D eigenvalue weighted by atomic mass is 35.5. The topological polar surface area (TPSA) is 117 Å². The van der Waals surface area contributed by atoms with Crippen LogP contribution in [0.1, 0.15) is 23.2 Å². The summed E-state index contributed by atoms with van der Waals surface area (Å²) in [4.78, 5) is 37.5. The van der Waals surface area contributed by atoms with E-state index in [9.17, 15) is 14.4 Å². The van der Waals surface area contributed by atoms with E-state index in [1.165, 1.54) is 0 Å². The number of benzene rings is 2. The zero-order chi connectivity index (χ0) is 19.9. The minimum Gasteiger partial charge on any atom is -0.352 e. The van der Waals surface area contributed by atoms with Gasteiger partial charge in [0, 0.05) is 34.8 Å². The number of hydrogen-bond donors (Lipinski definition) is 3. The molecule has 3 N–H and O–H groups in total. The molecular weight excluding hydrogens is 384 g/mol. The molecule has 0 unspecified atom stereocenters. The number of carbonyl (C=O) groups excluding carboxylic acids is 2. The van der Waals surface area contributed by atoms with Crippen molar-refractivity contribution in [3.63, 3.8) is 0 Å². The van der Waals surface area contributed by atoms with Gasteiger partial charge in [-0.25, -0.2) is 4.79 Å². The molecule has 9 heteroatoms. The maximum Gasteiger partial charge on any atom is 0.439 e. The number of amides is 2. The molecule has 2 aromatic carbocycles. The Balaban J connectivity index is 1.45. The van der Waals surface area contributed by atoms with Crippen molar-refractivity contribution in [2.24, 2.45) is 0 Å². The molecule has 1 aromatic heterocycles. The molecule has 144 valence electrons. The molecule has 0 radical (unpaired) electrons. The number of anilines is 1. The van der Waals surface area contributed by atoms with E-state index in [2.05, 4.69) is 25.3 Å². The summed E-state index contributed by atoms with van der Waals surface area (Å²) in [7, 11) is 0. The van der Waals surface area contributed by atoms with Crippen LogP contribution in [0.4, 0.5) is 5.69 Å². The molecule has 0 atom stereocenters. The Hall–Kier alpha value is -3.39. The van der Waals surface area contributed by atoms with Gasteiger partial charge in [-0.2, -0.15) is 0 Å². The minimum atomic E-state index is -0.648. The first-order valence-electron chi connectivity index (χ1n) is 8.51. The van der Waals surface area contributed by atoms with Crippen LogP contribution in [0.2, 0.25) is 5.02 Å². The van der Waals surface area contributed by atoms with Crippen LogP contribution in [-0.4, -0.2) is 28.5 Å². The molecular formula is C19H17ClN4O4. The Morgan fingerprint density at radius 3 is 2.64 bits per heavy atom. The van der Waals surface area contributed by atoms with Crippen molar-refractivity contribution in [2.45, 2.75) is 12.8 Å². The number of nitrogens with zero attached hydrogens (tertiary/aromatic N) is 1. The molecule has 0 aliphatic carbocycles. The molecule has 2 amide bonds. The zero-order valence-corrected chi connectivity index (χ0v) is 15.5. The smallest absolute Gasteiger partial charge is 0.352 e. The lowest BCUT2D eigenvalue weighted by Crippen LogP contribution is -2.25. The molecule has 0 aliphatic heterocycles. The number of hydrogen-bond acceptors (Lipinski definition) is 5. The lowest BCUT2D eigenvalue weighted by molar-refractivity contribution is -0.116. The quantitative estimate of drug-likeness (QED) is 0.527. The van der Waals surface area contributed by atoms with Crippen molar-refractivity contribution in [2.75, 3.05) is 11.9 Å². The van der Waals surface area contributed by atoms with Crippen LogP contribution in [0.15, 0.2) is 57.8 Å². The second-order valence-electron chi connectivity index (χ2n) is 5.94. The van der Waals surface area contributed by atoms with Gasteiger partial charge in [-0.1, -0.05) is 28.9 Å². The van der Waals surface area contributed by atoms with E-state index in [1.54, 1.807) is 48.5 Å². The van der Waals surface area contributed by atoms with E-state index in [1.807, 2.05) is 0 Å². The fourth-order valence-corrected chi connectivity index (χ4v) is 2.60. The first-order valence-corrected chi connectivity index (χ1v) is 8.89. The van der Waals surface area contributed by atoms with Crippen molar-refractivity contribution >= 4 is 29.1 Å². The summed E-state index contributed by atoms with van der Waals surface area (Å²) in [6, 6.07) is 13.4. The summed E-state index contributed by atoms with van der Waals surface area (Å²) in [5.74, 6) is -0.769. The Morgan fingerprint density at radius 2 is 1.93 bits per heavy atom. The number of H-pyrrole nitrogens is 1. The number of aromatic amines is 1. The number of nitrogens with one attached hydrogen (secondary N) is 3. The van der Waals surface area contributed by atoms with E-state index in [-0.39, 0.29) is 24.1 Å². The molecule has 0 saturated heterocycles. The lowest BCUT2D eigenvalue weighted by atomic mass is 10.2. The predicted molar refractivity (Wildman–Crippen MR) is 104 cm³/mol. The normalized spacial score (nSPS) is 10.5. The fourth-order valence-electron chi connectivity index (χ4n) is 2.48. The summed E-state index contributed by atoms with van der Waals surface area (Å²) >= 11 is 5.79.